The predicted octanol–water partition coefficient (Wildman–Crippen LogP) is 1.50. The van der Waals surface area contributed by atoms with Crippen molar-refractivity contribution < 1.29 is 9.66 Å². The maximum Gasteiger partial charge on any atom is 0.330 e. The molecule has 1 aromatic heterocycles. The van der Waals surface area contributed by atoms with Gasteiger partial charge in [-0.2, -0.15) is 5.10 Å². The molecule has 0 aromatic carbocycles. The fourth-order valence-electron chi connectivity index (χ4n) is 2.35. The standard InChI is InChI=1S/C10H16N4O3/c1-17-8-4-2-3-7(5-8)13-10(11)9(6-12-13)14(15)16/h6-8H,2-5,11H2,1H3. The number of nitro groups is 1. The molecule has 1 saturated carbocycles. The Hall–Kier alpha value is -1.63. The Bertz CT molecular complexity index is 418. The lowest BCUT2D eigenvalue weighted by Crippen LogP contribution is -2.25. The van der Waals surface area contributed by atoms with Gasteiger partial charge in [0.25, 0.3) is 0 Å². The molecule has 17 heavy (non-hydrogen) atoms. The summed E-state index contributed by atoms with van der Waals surface area (Å²) in [6, 6.07) is 0.0994. The van der Waals surface area contributed by atoms with E-state index in [0.29, 0.717) is 0 Å². The third-order valence-corrected chi connectivity index (χ3v) is 3.29. The van der Waals surface area contributed by atoms with Gasteiger partial charge in [0, 0.05) is 7.11 Å². The number of nitrogens with two attached hydrogens (primary N) is 1. The zero-order valence-electron chi connectivity index (χ0n) is 9.70. The van der Waals surface area contributed by atoms with Gasteiger partial charge >= 0.3 is 5.69 Å². The van der Waals surface area contributed by atoms with Crippen LogP contribution in [-0.4, -0.2) is 27.9 Å². The second kappa shape index (κ2) is 4.70. The molecule has 1 aliphatic carbocycles. The Kier molecular flexibility index (Phi) is 3.28. The normalized spacial score (nSPS) is 24.8. The van der Waals surface area contributed by atoms with Gasteiger partial charge in [-0.05, 0) is 25.7 Å². The fourth-order valence-corrected chi connectivity index (χ4v) is 2.35. The van der Waals surface area contributed by atoms with E-state index in [0.717, 1.165) is 25.7 Å². The molecule has 7 heteroatoms. The van der Waals surface area contributed by atoms with E-state index >= 15 is 0 Å². The minimum absolute atomic E-state index is 0.0994. The van der Waals surface area contributed by atoms with Crippen LogP contribution in [0.5, 0.6) is 0 Å². The Labute approximate surface area is 98.7 Å². The quantitative estimate of drug-likeness (QED) is 0.638. The monoisotopic (exact) mass is 240 g/mol. The van der Waals surface area contributed by atoms with Gasteiger partial charge in [-0.1, -0.05) is 0 Å². The van der Waals surface area contributed by atoms with Gasteiger partial charge in [-0.15, -0.1) is 0 Å². The summed E-state index contributed by atoms with van der Waals surface area (Å²) in [7, 11) is 1.68. The van der Waals surface area contributed by atoms with Gasteiger partial charge in [0.05, 0.1) is 17.1 Å². The van der Waals surface area contributed by atoms with E-state index in [4.69, 9.17) is 10.5 Å². The molecule has 0 aliphatic heterocycles. The number of nitrogens with zero attached hydrogens (tertiary/aromatic N) is 3. The minimum atomic E-state index is -0.505. The van der Waals surface area contributed by atoms with Crippen LogP contribution in [0.1, 0.15) is 31.7 Å². The van der Waals surface area contributed by atoms with Crippen molar-refractivity contribution in [3.8, 4) is 0 Å². The number of methoxy groups -OCH3 is 1. The van der Waals surface area contributed by atoms with Crippen molar-refractivity contribution in [2.24, 2.45) is 0 Å². The van der Waals surface area contributed by atoms with Crippen LogP contribution in [0.2, 0.25) is 0 Å². The molecule has 1 fully saturated rings. The average Bonchev–Trinajstić information content (AvgIpc) is 2.71. The first-order chi connectivity index (χ1) is 8.13. The van der Waals surface area contributed by atoms with Crippen molar-refractivity contribution in [3.05, 3.63) is 16.3 Å². The smallest absolute Gasteiger partial charge is 0.330 e. The predicted molar refractivity (Wildman–Crippen MR) is 61.6 cm³/mol. The molecule has 7 nitrogen and oxygen atoms in total. The maximum atomic E-state index is 10.7. The fraction of sp³-hybridized carbons (Fsp3) is 0.700. The number of nitrogen functional groups attached to an aromatic ring is 1. The number of rotatable bonds is 3. The van der Waals surface area contributed by atoms with E-state index in [-0.39, 0.29) is 23.7 Å². The van der Waals surface area contributed by atoms with Crippen LogP contribution in [0.4, 0.5) is 11.5 Å². The van der Waals surface area contributed by atoms with Crippen LogP contribution in [0.3, 0.4) is 0 Å². The summed E-state index contributed by atoms with van der Waals surface area (Å²) in [5.74, 6) is 0.136. The molecular formula is C10H16N4O3. The number of hydrogen-bond acceptors (Lipinski definition) is 5. The van der Waals surface area contributed by atoms with Gasteiger partial charge < -0.3 is 10.5 Å². The highest BCUT2D eigenvalue weighted by molar-refractivity contribution is 5.51. The van der Waals surface area contributed by atoms with Crippen LogP contribution in [0.25, 0.3) is 0 Å². The molecular weight excluding hydrogens is 224 g/mol. The summed E-state index contributed by atoms with van der Waals surface area (Å²) < 4.78 is 6.88. The Morgan fingerprint density at radius 1 is 1.65 bits per heavy atom. The molecule has 2 N–H and O–H groups in total. The highest BCUT2D eigenvalue weighted by Crippen LogP contribution is 2.33. The summed E-state index contributed by atoms with van der Waals surface area (Å²) in [6.07, 6.45) is 5.19. The second-order valence-electron chi connectivity index (χ2n) is 4.29. The topological polar surface area (TPSA) is 96.2 Å². The summed E-state index contributed by atoms with van der Waals surface area (Å²) in [4.78, 5) is 10.2. The second-order valence-corrected chi connectivity index (χ2v) is 4.29. The summed E-state index contributed by atoms with van der Waals surface area (Å²) in [5.41, 5.74) is 5.62. The molecule has 0 saturated heterocycles. The van der Waals surface area contributed by atoms with Gasteiger partial charge in [0.15, 0.2) is 0 Å². The zero-order valence-corrected chi connectivity index (χ0v) is 9.70. The molecule has 2 rings (SSSR count). The molecule has 2 unspecified atom stereocenters. The van der Waals surface area contributed by atoms with Crippen molar-refractivity contribution in [1.29, 1.82) is 0 Å². The van der Waals surface area contributed by atoms with Crippen molar-refractivity contribution in [3.63, 3.8) is 0 Å². The lowest BCUT2D eigenvalue weighted by molar-refractivity contribution is -0.384. The molecule has 2 atom stereocenters. The van der Waals surface area contributed by atoms with Gasteiger partial charge in [-0.25, -0.2) is 4.68 Å². The first kappa shape index (κ1) is 11.8. The lowest BCUT2D eigenvalue weighted by Gasteiger charge is -2.28. The number of ether oxygens (including phenoxy) is 1. The largest absolute Gasteiger partial charge is 0.381 e. The highest BCUT2D eigenvalue weighted by Gasteiger charge is 2.28. The Balaban J connectivity index is 2.19. The van der Waals surface area contributed by atoms with Gasteiger partial charge in [0.1, 0.15) is 6.20 Å². The zero-order chi connectivity index (χ0) is 12.4. The summed E-state index contributed by atoms with van der Waals surface area (Å²) in [6.45, 7) is 0. The van der Waals surface area contributed by atoms with E-state index < -0.39 is 4.92 Å². The van der Waals surface area contributed by atoms with Gasteiger partial charge in [-0.3, -0.25) is 10.1 Å². The lowest BCUT2D eigenvalue weighted by atomic mass is 9.93. The van der Waals surface area contributed by atoms with E-state index in [1.807, 2.05) is 0 Å². The third-order valence-electron chi connectivity index (χ3n) is 3.29. The van der Waals surface area contributed by atoms with Crippen LogP contribution in [0, 0.1) is 10.1 Å². The number of anilines is 1. The van der Waals surface area contributed by atoms with Crippen molar-refractivity contribution in [1.82, 2.24) is 9.78 Å². The average molecular weight is 240 g/mol. The Morgan fingerprint density at radius 2 is 2.41 bits per heavy atom. The first-order valence-electron chi connectivity index (χ1n) is 5.63. The van der Waals surface area contributed by atoms with Crippen LogP contribution >= 0.6 is 0 Å². The molecule has 94 valence electrons. The van der Waals surface area contributed by atoms with Crippen LogP contribution in [-0.2, 0) is 4.74 Å². The first-order valence-corrected chi connectivity index (χ1v) is 5.63. The van der Waals surface area contributed by atoms with E-state index in [2.05, 4.69) is 5.10 Å². The van der Waals surface area contributed by atoms with Crippen molar-refractivity contribution in [2.45, 2.75) is 37.8 Å². The molecule has 1 aliphatic rings. The Morgan fingerprint density at radius 3 is 3.00 bits per heavy atom. The highest BCUT2D eigenvalue weighted by atomic mass is 16.6. The summed E-state index contributed by atoms with van der Waals surface area (Å²) in [5, 5.41) is 14.7. The maximum absolute atomic E-state index is 10.7. The van der Waals surface area contributed by atoms with E-state index in [1.165, 1.54) is 6.20 Å². The van der Waals surface area contributed by atoms with Crippen molar-refractivity contribution in [2.75, 3.05) is 12.8 Å². The summed E-state index contributed by atoms with van der Waals surface area (Å²) >= 11 is 0. The van der Waals surface area contributed by atoms with Crippen LogP contribution < -0.4 is 5.73 Å². The molecule has 0 spiro atoms. The van der Waals surface area contributed by atoms with E-state index in [9.17, 15) is 10.1 Å². The van der Waals surface area contributed by atoms with Crippen molar-refractivity contribution >= 4 is 11.5 Å². The third kappa shape index (κ3) is 2.23. The minimum Gasteiger partial charge on any atom is -0.381 e. The van der Waals surface area contributed by atoms with Crippen LogP contribution in [0.15, 0.2) is 6.20 Å². The number of aromatic nitrogens is 2. The SMILES string of the molecule is COC1CCCC(n2ncc([N+](=O)[O-])c2N)C1. The van der Waals surface area contributed by atoms with E-state index in [1.54, 1.807) is 11.8 Å². The van der Waals surface area contributed by atoms with Gasteiger partial charge in [0.2, 0.25) is 5.82 Å². The molecule has 1 heterocycles. The molecule has 0 bridgehead atoms. The molecule has 0 radical (unpaired) electrons. The molecule has 0 amide bonds. The number of hydrogen-bond donors (Lipinski definition) is 1. The molecule has 1 aromatic rings.